The van der Waals surface area contributed by atoms with Gasteiger partial charge in [0, 0.05) is 19.4 Å². The Morgan fingerprint density at radius 2 is 0.916 bits per heavy atom. The number of hydrogen-bond donors (Lipinski definition) is 23. The normalized spacial score (nSPS) is 16.7. The van der Waals surface area contributed by atoms with E-state index in [4.69, 9.17) is 28.7 Å². The number of aliphatic carboxylic acids is 1. The van der Waals surface area contributed by atoms with Crippen LogP contribution < -0.4 is 103 Å². The van der Waals surface area contributed by atoms with E-state index in [-0.39, 0.29) is 108 Å². The second-order valence-corrected chi connectivity index (χ2v) is 27.8. The van der Waals surface area contributed by atoms with Crippen molar-refractivity contribution in [3.05, 3.63) is 0 Å². The summed E-state index contributed by atoms with van der Waals surface area (Å²) in [5, 5.41) is 76.0. The smallest absolute Gasteiger partial charge is 0.303 e. The Bertz CT molecular complexity index is 3000. The molecule has 1 aliphatic heterocycles. The SMILES string of the molecule is CC[C@H](C)[C@H](NC(=O)[C@H](CCSC)NC(=O)CNC(=O)[C@@H]1CCC(=O)N1)C(=O)NCC(=O)N[C@H](C(=O)N[C@@H](CC(C)C)C(=O)N[C@H](C(=O)N[C@@H](CO)C(=O)N[C@@H](CCCCN)C(=O)N[C@@H](CCCN=C(N)N)C(=O)N[C@H](C(=O)N[C@@H](CCCCN)C(=O)N[C@@H](CCC(=O)O)C(N)=O)[C@@H](C)CC)[C@@H](C)O)[C@@H](C)O. The maximum atomic E-state index is 14.4. The van der Waals surface area contributed by atoms with Crippen LogP contribution in [0, 0.1) is 17.8 Å². The molecule has 0 unspecified atom stereocenters. The van der Waals surface area contributed by atoms with Crippen molar-refractivity contribution < 1.29 is 97.1 Å². The topological polar surface area (TPSA) is 665 Å². The van der Waals surface area contributed by atoms with Crippen LogP contribution in [0.2, 0.25) is 0 Å². The number of carbonyl (C=O) groups is 16. The van der Waals surface area contributed by atoms with Crippen molar-refractivity contribution >= 4 is 112 Å². The highest BCUT2D eigenvalue weighted by Crippen LogP contribution is 2.16. The summed E-state index contributed by atoms with van der Waals surface area (Å²) >= 11 is 1.37. The summed E-state index contributed by atoms with van der Waals surface area (Å²) in [6.45, 7) is 10.1. The van der Waals surface area contributed by atoms with Crippen LogP contribution in [-0.2, 0) is 76.7 Å². The van der Waals surface area contributed by atoms with Crippen LogP contribution in [0.1, 0.15) is 158 Å². The van der Waals surface area contributed by atoms with E-state index in [1.165, 1.54) is 11.8 Å². The van der Waals surface area contributed by atoms with E-state index in [1.54, 1.807) is 47.8 Å². The van der Waals surface area contributed by atoms with Gasteiger partial charge in [0.05, 0.1) is 31.9 Å². The number of aliphatic hydroxyl groups excluding tert-OH is 3. The molecule has 16 atom stereocenters. The first-order chi connectivity index (χ1) is 50.4. The molecule has 1 aliphatic rings. The Kier molecular flexibility index (Phi) is 46.0. The lowest BCUT2D eigenvalue weighted by molar-refractivity contribution is -0.138. The van der Waals surface area contributed by atoms with Crippen molar-refractivity contribution in [1.82, 2.24) is 74.4 Å². The third-order valence-electron chi connectivity index (χ3n) is 17.4. The number of amides is 15. The molecule has 1 saturated heterocycles. The number of unbranched alkanes of at least 4 members (excludes halogenated alkanes) is 2. The Morgan fingerprint density at radius 1 is 0.505 bits per heavy atom. The minimum Gasteiger partial charge on any atom is -0.481 e. The van der Waals surface area contributed by atoms with Crippen LogP contribution in [0.3, 0.4) is 0 Å². The van der Waals surface area contributed by atoms with Crippen molar-refractivity contribution in [2.75, 3.05) is 51.3 Å². The van der Waals surface area contributed by atoms with Gasteiger partial charge in [-0.3, -0.25) is 81.7 Å². The zero-order valence-corrected chi connectivity index (χ0v) is 63.5. The minimum atomic E-state index is -1.92. The predicted molar refractivity (Wildman–Crippen MR) is 392 cm³/mol. The van der Waals surface area contributed by atoms with Crippen LogP contribution in [0.4, 0.5) is 0 Å². The molecule has 28 N–H and O–H groups in total. The lowest BCUT2D eigenvalue weighted by atomic mass is 9.96. The van der Waals surface area contributed by atoms with E-state index in [2.05, 4.69) is 79.4 Å². The summed E-state index contributed by atoms with van der Waals surface area (Å²) in [5.74, 6) is -16.2. The van der Waals surface area contributed by atoms with Gasteiger partial charge >= 0.3 is 5.97 Å². The molecule has 0 aliphatic carbocycles. The molecule has 0 aromatic rings. The number of aliphatic hydroxyl groups is 3. The second kappa shape index (κ2) is 51.3. The number of primary amides is 1. The van der Waals surface area contributed by atoms with Crippen molar-refractivity contribution in [3.8, 4) is 0 Å². The Hall–Kier alpha value is -9.06. The lowest BCUT2D eigenvalue weighted by Gasteiger charge is -2.30. The van der Waals surface area contributed by atoms with Gasteiger partial charge in [-0.05, 0) is 134 Å². The first-order valence-electron chi connectivity index (χ1n) is 36.0. The quantitative estimate of drug-likeness (QED) is 0.0153. The maximum Gasteiger partial charge on any atom is 0.303 e. The largest absolute Gasteiger partial charge is 0.481 e. The third kappa shape index (κ3) is 36.9. The fourth-order valence-corrected chi connectivity index (χ4v) is 11.1. The summed E-state index contributed by atoms with van der Waals surface area (Å²) in [7, 11) is 0. The number of nitrogens with zero attached hydrogens (tertiary/aromatic N) is 1. The van der Waals surface area contributed by atoms with E-state index >= 15 is 0 Å². The number of hydrogen-bond acceptors (Lipinski definition) is 23. The van der Waals surface area contributed by atoms with E-state index in [0.717, 1.165) is 13.8 Å². The van der Waals surface area contributed by atoms with Gasteiger partial charge in [0.2, 0.25) is 88.6 Å². The Morgan fingerprint density at radius 3 is 1.36 bits per heavy atom. The van der Waals surface area contributed by atoms with Crippen LogP contribution in [0.15, 0.2) is 4.99 Å². The number of carbonyl (C=O) groups excluding carboxylic acids is 15. The van der Waals surface area contributed by atoms with Gasteiger partial charge in [0.15, 0.2) is 5.96 Å². The molecule has 1 fully saturated rings. The van der Waals surface area contributed by atoms with Gasteiger partial charge in [-0.1, -0.05) is 54.4 Å². The number of carboxylic acid groups (broad SMARTS) is 1. The maximum absolute atomic E-state index is 14.4. The molecule has 15 amide bonds. The molecular weight excluding hydrogens is 1420 g/mol. The fraction of sp³-hybridized carbons (Fsp3) is 0.742. The second-order valence-electron chi connectivity index (χ2n) is 26.8. The Balaban J connectivity index is 3.42. The molecule has 107 heavy (non-hydrogen) atoms. The average Bonchev–Trinajstić information content (AvgIpc) is 1.31. The van der Waals surface area contributed by atoms with Gasteiger partial charge < -0.3 is 124 Å². The molecule has 1 heterocycles. The summed E-state index contributed by atoms with van der Waals surface area (Å²) in [6, 6.07) is -17.6. The van der Waals surface area contributed by atoms with Crippen molar-refractivity contribution in [2.24, 2.45) is 51.4 Å². The highest BCUT2D eigenvalue weighted by atomic mass is 32.2. The first kappa shape index (κ1) is 96.0. The molecule has 0 spiro atoms. The number of guanidine groups is 1. The zero-order chi connectivity index (χ0) is 81.2. The molecule has 0 radical (unpaired) electrons. The van der Waals surface area contributed by atoms with E-state index < -0.39 is 211 Å². The molecule has 40 nitrogen and oxygen atoms in total. The van der Waals surface area contributed by atoms with Gasteiger partial charge in [0.25, 0.3) is 0 Å². The number of carboxylic acids is 1. The summed E-state index contributed by atoms with van der Waals surface area (Å²) < 4.78 is 0. The zero-order valence-electron chi connectivity index (χ0n) is 62.6. The summed E-state index contributed by atoms with van der Waals surface area (Å²) in [6.07, 6.45) is -0.544. The van der Waals surface area contributed by atoms with Crippen LogP contribution in [0.25, 0.3) is 0 Å². The third-order valence-corrected chi connectivity index (χ3v) is 18.0. The molecule has 0 saturated carbocycles. The van der Waals surface area contributed by atoms with Crippen molar-refractivity contribution in [1.29, 1.82) is 0 Å². The number of rotatable bonds is 54. The number of nitrogens with two attached hydrogens (primary N) is 5. The summed E-state index contributed by atoms with van der Waals surface area (Å²) in [5.41, 5.74) is 28.0. The van der Waals surface area contributed by atoms with Gasteiger partial charge in [-0.15, -0.1) is 0 Å². The molecule has 0 aromatic carbocycles. The molecule has 608 valence electrons. The highest BCUT2D eigenvalue weighted by molar-refractivity contribution is 7.98. The molecular formula is C66H118N20O20S. The predicted octanol–water partition coefficient (Wildman–Crippen LogP) is -7.86. The average molecular weight is 1540 g/mol. The van der Waals surface area contributed by atoms with Crippen molar-refractivity contribution in [2.45, 2.75) is 243 Å². The van der Waals surface area contributed by atoms with Crippen LogP contribution in [0.5, 0.6) is 0 Å². The molecule has 0 aromatic heterocycles. The number of thioether (sulfide) groups is 1. The fourth-order valence-electron chi connectivity index (χ4n) is 10.7. The number of aliphatic imine (C=N–C) groups is 1. The van der Waals surface area contributed by atoms with Crippen molar-refractivity contribution in [3.63, 3.8) is 0 Å². The number of nitrogens with one attached hydrogen (secondary N) is 14. The van der Waals surface area contributed by atoms with Gasteiger partial charge in [-0.25, -0.2) is 0 Å². The molecule has 41 heteroatoms. The van der Waals surface area contributed by atoms with Gasteiger partial charge in [-0.2, -0.15) is 11.8 Å². The van der Waals surface area contributed by atoms with Crippen LogP contribution in [-0.4, -0.2) is 257 Å². The lowest BCUT2D eigenvalue weighted by Crippen LogP contribution is -2.63. The standard InChI is InChI=1S/C66H118N20O20S/c1-10-34(5)50(84-59(100)43(24-28-107-9)76-47(91)30-73-55(96)42-20-22-46(90)75-42)62(103)74-31-48(92)83-52(36(7)88)64(105)81-44(29-33(3)4)60(101)86-53(37(8)89)65(106)82-45(32-87)61(102)79-39(17-12-14-25-67)57(98)78-41(19-16-27-72-66(70)71)58(99)85-51(35(6)11-2)63(104)80-40(18-13-15-26-68)56(97)77-38(54(69)95)21-23-49(93)94/h33-45,50-53,87-89H,10-32,67-68H2,1-9H3,(H2,69,95)(H,73,96)(H,74,103)(H,75,90)(H,76,91)(H,77,97)(H,78,98)(H,79,102)(H,80,104)(H,81,105)(H,82,106)(H,83,92)(H,84,100)(H,85,99)(H,86,101)(H,93,94)(H4,70,71,72)/t34-,35-,36+,37+,38-,39-,40-,41-,42-,43-,44-,45-,50-,51-,52-,53-/m0/s1. The van der Waals surface area contributed by atoms with Crippen LogP contribution >= 0.6 is 11.8 Å². The Labute approximate surface area is 627 Å². The molecule has 0 bridgehead atoms. The summed E-state index contributed by atoms with van der Waals surface area (Å²) in [4.78, 5) is 218. The monoisotopic (exact) mass is 1540 g/mol. The highest BCUT2D eigenvalue weighted by Gasteiger charge is 2.39. The molecule has 1 rings (SSSR count). The van der Waals surface area contributed by atoms with E-state index in [0.29, 0.717) is 31.4 Å². The van der Waals surface area contributed by atoms with Gasteiger partial charge in [0.1, 0.15) is 72.5 Å². The van der Waals surface area contributed by atoms with E-state index in [9.17, 15) is 97.1 Å². The van der Waals surface area contributed by atoms with E-state index in [1.807, 2.05) is 0 Å². The first-order valence-corrected chi connectivity index (χ1v) is 37.4. The minimum absolute atomic E-state index is 0.00657.